The predicted molar refractivity (Wildman–Crippen MR) is 131 cm³/mol. The lowest BCUT2D eigenvalue weighted by Crippen LogP contribution is -2.36. The molecule has 1 amide bonds. The monoisotopic (exact) mass is 441 g/mol. The second kappa shape index (κ2) is 10.4. The summed E-state index contributed by atoms with van der Waals surface area (Å²) in [6, 6.07) is 12.9. The summed E-state index contributed by atoms with van der Waals surface area (Å²) in [5.74, 6) is 1.10. The van der Waals surface area contributed by atoms with Gasteiger partial charge in [0.25, 0.3) is 0 Å². The van der Waals surface area contributed by atoms with E-state index in [1.165, 1.54) is 21.6 Å². The van der Waals surface area contributed by atoms with Crippen molar-refractivity contribution in [3.05, 3.63) is 53.1 Å². The second-order valence-electron chi connectivity index (χ2n) is 8.01. The Balaban J connectivity index is 1.66. The van der Waals surface area contributed by atoms with Gasteiger partial charge in [-0.15, -0.1) is 11.8 Å². The zero-order valence-electron chi connectivity index (χ0n) is 18.6. The van der Waals surface area contributed by atoms with Gasteiger partial charge in [-0.1, -0.05) is 29.0 Å². The number of fused-ring (bicyclic) bond motifs is 1. The number of carbonyl (C=O) groups excluding carboxylic acids is 1. The van der Waals surface area contributed by atoms with Crippen LogP contribution in [0.2, 0.25) is 0 Å². The number of carbonyl (C=O) groups is 1. The Morgan fingerprint density at radius 1 is 1.03 bits per heavy atom. The third kappa shape index (κ3) is 6.06. The standard InChI is InChI=1S/C24H31N3OS2/c1-17-8-10-20(11-9-17)29-14-6-7-23(28)27(13-12-26(4)5)24-25-21-15-18(2)19(3)16-22(21)30-24/h8-11,15-16H,6-7,12-14H2,1-5H3. The molecule has 0 aliphatic carbocycles. The lowest BCUT2D eigenvalue weighted by molar-refractivity contribution is -0.118. The van der Waals surface area contributed by atoms with Crippen LogP contribution < -0.4 is 4.90 Å². The molecule has 0 saturated heterocycles. The second-order valence-corrected chi connectivity index (χ2v) is 10.2. The van der Waals surface area contributed by atoms with E-state index >= 15 is 0 Å². The smallest absolute Gasteiger partial charge is 0.228 e. The quantitative estimate of drug-likeness (QED) is 0.316. The Labute approximate surface area is 188 Å². The Kier molecular flexibility index (Phi) is 7.92. The van der Waals surface area contributed by atoms with Crippen LogP contribution in [0.15, 0.2) is 41.3 Å². The molecule has 160 valence electrons. The molecule has 0 unspecified atom stereocenters. The highest BCUT2D eigenvalue weighted by Crippen LogP contribution is 2.31. The Bertz CT molecular complexity index is 957. The fourth-order valence-electron chi connectivity index (χ4n) is 3.09. The van der Waals surface area contributed by atoms with Crippen molar-refractivity contribution in [2.45, 2.75) is 38.5 Å². The SMILES string of the molecule is Cc1ccc(SCCCC(=O)N(CCN(C)C)c2nc3cc(C)c(C)cc3s2)cc1. The van der Waals surface area contributed by atoms with Crippen LogP contribution in [-0.2, 0) is 4.79 Å². The number of anilines is 1. The molecule has 30 heavy (non-hydrogen) atoms. The van der Waals surface area contributed by atoms with Crippen molar-refractivity contribution >= 4 is 44.4 Å². The van der Waals surface area contributed by atoms with Crippen LogP contribution in [-0.4, -0.2) is 48.7 Å². The number of thiazole rings is 1. The summed E-state index contributed by atoms with van der Waals surface area (Å²) in [5, 5.41) is 0.813. The molecular weight excluding hydrogens is 410 g/mol. The Morgan fingerprint density at radius 2 is 1.73 bits per heavy atom. The van der Waals surface area contributed by atoms with Gasteiger partial charge in [0, 0.05) is 24.4 Å². The topological polar surface area (TPSA) is 36.4 Å². The van der Waals surface area contributed by atoms with Crippen molar-refractivity contribution in [3.63, 3.8) is 0 Å². The first kappa shape index (κ1) is 22.8. The Hall–Kier alpha value is -1.89. The number of rotatable bonds is 9. The van der Waals surface area contributed by atoms with Gasteiger partial charge in [-0.05, 0) is 82.4 Å². The molecule has 0 N–H and O–H groups in total. The maximum Gasteiger partial charge on any atom is 0.228 e. The van der Waals surface area contributed by atoms with E-state index in [0.717, 1.165) is 34.1 Å². The normalized spacial score (nSPS) is 11.4. The minimum Gasteiger partial charge on any atom is -0.308 e. The highest BCUT2D eigenvalue weighted by molar-refractivity contribution is 7.99. The first-order chi connectivity index (χ1) is 14.3. The molecule has 0 spiro atoms. The van der Waals surface area contributed by atoms with E-state index in [9.17, 15) is 4.79 Å². The van der Waals surface area contributed by atoms with Crippen molar-refractivity contribution in [1.29, 1.82) is 0 Å². The predicted octanol–water partition coefficient (Wildman–Crippen LogP) is 5.69. The van der Waals surface area contributed by atoms with Crippen LogP contribution in [0.4, 0.5) is 5.13 Å². The zero-order chi connectivity index (χ0) is 21.7. The van der Waals surface area contributed by atoms with Gasteiger partial charge in [0.2, 0.25) is 5.91 Å². The molecule has 6 heteroatoms. The third-order valence-electron chi connectivity index (χ3n) is 5.12. The summed E-state index contributed by atoms with van der Waals surface area (Å²) < 4.78 is 1.14. The van der Waals surface area contributed by atoms with Crippen LogP contribution in [0, 0.1) is 20.8 Å². The molecule has 0 aliphatic heterocycles. The number of benzene rings is 2. The highest BCUT2D eigenvalue weighted by Gasteiger charge is 2.20. The van der Waals surface area contributed by atoms with Crippen molar-refractivity contribution < 1.29 is 4.79 Å². The summed E-state index contributed by atoms with van der Waals surface area (Å²) >= 11 is 3.43. The average molecular weight is 442 g/mol. The molecule has 3 rings (SSSR count). The van der Waals surface area contributed by atoms with Crippen LogP contribution in [0.3, 0.4) is 0 Å². The number of thioether (sulfide) groups is 1. The third-order valence-corrected chi connectivity index (χ3v) is 7.26. The van der Waals surface area contributed by atoms with E-state index in [4.69, 9.17) is 4.98 Å². The fourth-order valence-corrected chi connectivity index (χ4v) is 5.03. The number of aromatic nitrogens is 1. The minimum absolute atomic E-state index is 0.161. The molecular formula is C24H31N3OS2. The highest BCUT2D eigenvalue weighted by atomic mass is 32.2. The van der Waals surface area contributed by atoms with Crippen LogP contribution in [0.5, 0.6) is 0 Å². The van der Waals surface area contributed by atoms with Crippen LogP contribution in [0.1, 0.15) is 29.5 Å². The lowest BCUT2D eigenvalue weighted by Gasteiger charge is -2.22. The summed E-state index contributed by atoms with van der Waals surface area (Å²) in [7, 11) is 4.07. The molecule has 2 aromatic carbocycles. The molecule has 0 fully saturated rings. The summed E-state index contributed by atoms with van der Waals surface area (Å²) in [4.78, 5) is 23.1. The molecule has 0 atom stereocenters. The lowest BCUT2D eigenvalue weighted by atomic mass is 10.1. The van der Waals surface area contributed by atoms with Gasteiger partial charge in [-0.2, -0.15) is 0 Å². The van der Waals surface area contributed by atoms with Crippen LogP contribution in [0.25, 0.3) is 10.2 Å². The molecule has 3 aromatic rings. The zero-order valence-corrected chi connectivity index (χ0v) is 20.2. The van der Waals surface area contributed by atoms with Crippen molar-refractivity contribution in [2.24, 2.45) is 0 Å². The molecule has 4 nitrogen and oxygen atoms in total. The van der Waals surface area contributed by atoms with Gasteiger partial charge in [0.15, 0.2) is 5.13 Å². The number of nitrogens with zero attached hydrogens (tertiary/aromatic N) is 3. The van der Waals surface area contributed by atoms with Gasteiger partial charge in [0.05, 0.1) is 10.2 Å². The molecule has 1 aromatic heterocycles. The first-order valence-electron chi connectivity index (χ1n) is 10.4. The van der Waals surface area contributed by atoms with Crippen molar-refractivity contribution in [2.75, 3.05) is 37.8 Å². The first-order valence-corrected chi connectivity index (χ1v) is 12.2. The van der Waals surface area contributed by atoms with Crippen LogP contribution >= 0.6 is 23.1 Å². The summed E-state index contributed by atoms with van der Waals surface area (Å²) in [6.45, 7) is 7.80. The van der Waals surface area contributed by atoms with E-state index in [-0.39, 0.29) is 5.91 Å². The fraction of sp³-hybridized carbons (Fsp3) is 0.417. The van der Waals surface area contributed by atoms with Gasteiger partial charge >= 0.3 is 0 Å². The van der Waals surface area contributed by atoms with Gasteiger partial charge in [-0.3, -0.25) is 9.69 Å². The van der Waals surface area contributed by atoms with E-state index in [1.54, 1.807) is 11.3 Å². The van der Waals surface area contributed by atoms with Crippen molar-refractivity contribution in [1.82, 2.24) is 9.88 Å². The number of amides is 1. The van der Waals surface area contributed by atoms with E-state index < -0.39 is 0 Å². The number of aryl methyl sites for hydroxylation is 3. The summed E-state index contributed by atoms with van der Waals surface area (Å²) in [6.07, 6.45) is 1.40. The molecule has 1 heterocycles. The minimum atomic E-state index is 0.161. The largest absolute Gasteiger partial charge is 0.308 e. The maximum atomic E-state index is 13.1. The van der Waals surface area contributed by atoms with Gasteiger partial charge in [0.1, 0.15) is 0 Å². The van der Waals surface area contributed by atoms with E-state index in [1.807, 2.05) is 30.8 Å². The van der Waals surface area contributed by atoms with Gasteiger partial charge < -0.3 is 4.90 Å². The molecule has 0 saturated carbocycles. The Morgan fingerprint density at radius 3 is 2.43 bits per heavy atom. The van der Waals surface area contributed by atoms with Gasteiger partial charge in [-0.25, -0.2) is 4.98 Å². The maximum absolute atomic E-state index is 13.1. The molecule has 0 radical (unpaired) electrons. The van der Waals surface area contributed by atoms with Crippen molar-refractivity contribution in [3.8, 4) is 0 Å². The molecule has 0 aliphatic rings. The van der Waals surface area contributed by atoms with E-state index in [2.05, 4.69) is 62.1 Å². The molecule has 0 bridgehead atoms. The number of likely N-dealkylation sites (N-methyl/N-ethyl adjacent to an activating group) is 1. The summed E-state index contributed by atoms with van der Waals surface area (Å²) in [5.41, 5.74) is 4.75. The average Bonchev–Trinajstić information content (AvgIpc) is 3.09. The van der Waals surface area contributed by atoms with E-state index in [0.29, 0.717) is 13.0 Å². The number of hydrogen-bond donors (Lipinski definition) is 0. The number of hydrogen-bond acceptors (Lipinski definition) is 5.